The number of carbonyl (C=O) groups is 1. The van der Waals surface area contributed by atoms with Crippen molar-refractivity contribution in [3.8, 4) is 5.88 Å². The number of aromatic nitrogens is 2. The van der Waals surface area contributed by atoms with Crippen LogP contribution in [0.2, 0.25) is 5.15 Å². The first-order chi connectivity index (χ1) is 8.69. The predicted octanol–water partition coefficient (Wildman–Crippen LogP) is 2.39. The summed E-state index contributed by atoms with van der Waals surface area (Å²) in [7, 11) is 1.46. The number of nitrogens with zero attached hydrogens (tertiary/aromatic N) is 2. The van der Waals surface area contributed by atoms with Crippen molar-refractivity contribution >= 4 is 23.2 Å². The highest BCUT2D eigenvalue weighted by atomic mass is 35.5. The molecule has 0 radical (unpaired) electrons. The summed E-state index contributed by atoms with van der Waals surface area (Å²) in [5.74, 6) is -0.00978. The molecule has 0 unspecified atom stereocenters. The minimum atomic E-state index is -0.300. The van der Waals surface area contributed by atoms with E-state index < -0.39 is 0 Å². The van der Waals surface area contributed by atoms with Crippen LogP contribution in [0.1, 0.15) is 10.4 Å². The van der Waals surface area contributed by atoms with Crippen LogP contribution in [-0.2, 0) is 0 Å². The minimum absolute atomic E-state index is 0.200. The molecule has 92 valence electrons. The van der Waals surface area contributed by atoms with Crippen molar-refractivity contribution < 1.29 is 9.53 Å². The Labute approximate surface area is 109 Å². The third-order valence-electron chi connectivity index (χ3n) is 2.16. The lowest BCUT2D eigenvalue weighted by atomic mass is 10.2. The number of halogens is 1. The molecular weight excluding hydrogens is 254 g/mol. The van der Waals surface area contributed by atoms with Crippen LogP contribution in [0.25, 0.3) is 0 Å². The molecule has 0 saturated carbocycles. The quantitative estimate of drug-likeness (QED) is 0.864. The highest BCUT2D eigenvalue weighted by Gasteiger charge is 2.10. The zero-order chi connectivity index (χ0) is 13.0. The summed E-state index contributed by atoms with van der Waals surface area (Å²) in [6.45, 7) is 0. The van der Waals surface area contributed by atoms with Crippen LogP contribution in [0.5, 0.6) is 5.88 Å². The summed E-state index contributed by atoms with van der Waals surface area (Å²) >= 11 is 5.79. The van der Waals surface area contributed by atoms with Crippen LogP contribution < -0.4 is 10.1 Å². The highest BCUT2D eigenvalue weighted by Crippen LogP contribution is 2.17. The van der Waals surface area contributed by atoms with Crippen LogP contribution >= 0.6 is 11.6 Å². The van der Waals surface area contributed by atoms with Gasteiger partial charge in [-0.3, -0.25) is 9.78 Å². The summed E-state index contributed by atoms with van der Waals surface area (Å²) in [5.41, 5.74) is 0.977. The molecule has 2 rings (SSSR count). The number of pyridine rings is 2. The molecule has 2 aromatic heterocycles. The fourth-order valence-electron chi connectivity index (χ4n) is 1.35. The summed E-state index contributed by atoms with van der Waals surface area (Å²) < 4.78 is 4.95. The number of anilines is 1. The van der Waals surface area contributed by atoms with Gasteiger partial charge in [-0.1, -0.05) is 11.6 Å². The lowest BCUT2D eigenvalue weighted by Gasteiger charge is -2.06. The Morgan fingerprint density at radius 2 is 2.28 bits per heavy atom. The van der Waals surface area contributed by atoms with E-state index in [1.165, 1.54) is 19.2 Å². The topological polar surface area (TPSA) is 64.1 Å². The van der Waals surface area contributed by atoms with Crippen molar-refractivity contribution in [2.75, 3.05) is 12.4 Å². The van der Waals surface area contributed by atoms with Gasteiger partial charge >= 0.3 is 0 Å². The molecule has 1 amide bonds. The molecule has 0 aromatic carbocycles. The number of methoxy groups -OCH3 is 1. The molecule has 1 N–H and O–H groups in total. The van der Waals surface area contributed by atoms with Crippen molar-refractivity contribution in [3.05, 3.63) is 47.4 Å². The molecule has 0 aliphatic rings. The molecule has 6 heteroatoms. The average Bonchev–Trinajstić information content (AvgIpc) is 2.39. The van der Waals surface area contributed by atoms with Gasteiger partial charge in [-0.15, -0.1) is 0 Å². The van der Waals surface area contributed by atoms with Gasteiger partial charge in [0.25, 0.3) is 5.91 Å². The number of rotatable bonds is 3. The smallest absolute Gasteiger partial charge is 0.256 e. The number of carbonyl (C=O) groups excluding carboxylic acids is 1. The first kappa shape index (κ1) is 12.3. The largest absolute Gasteiger partial charge is 0.481 e. The van der Waals surface area contributed by atoms with Crippen molar-refractivity contribution in [1.29, 1.82) is 0 Å². The monoisotopic (exact) mass is 263 g/mol. The summed E-state index contributed by atoms with van der Waals surface area (Å²) in [5, 5.41) is 2.89. The Balaban J connectivity index is 2.21. The highest BCUT2D eigenvalue weighted by molar-refractivity contribution is 6.30. The van der Waals surface area contributed by atoms with E-state index in [9.17, 15) is 4.79 Å². The second-order valence-corrected chi connectivity index (χ2v) is 3.80. The number of hydrogen-bond acceptors (Lipinski definition) is 4. The van der Waals surface area contributed by atoms with E-state index >= 15 is 0 Å². The van der Waals surface area contributed by atoms with E-state index in [1.54, 1.807) is 24.5 Å². The molecule has 0 aliphatic carbocycles. The van der Waals surface area contributed by atoms with Crippen LogP contribution in [0.3, 0.4) is 0 Å². The Kier molecular flexibility index (Phi) is 3.74. The molecule has 5 nitrogen and oxygen atoms in total. The average molecular weight is 264 g/mol. The van der Waals surface area contributed by atoms with Gasteiger partial charge in [0, 0.05) is 17.8 Å². The lowest BCUT2D eigenvalue weighted by Crippen LogP contribution is -2.12. The molecule has 0 aliphatic heterocycles. The summed E-state index contributed by atoms with van der Waals surface area (Å²) in [6, 6.07) is 6.45. The maximum Gasteiger partial charge on any atom is 0.256 e. The van der Waals surface area contributed by atoms with Gasteiger partial charge in [0.1, 0.15) is 5.15 Å². The molecule has 2 aromatic rings. The number of amides is 1. The second kappa shape index (κ2) is 5.46. The van der Waals surface area contributed by atoms with E-state index in [0.717, 1.165) is 0 Å². The van der Waals surface area contributed by atoms with E-state index in [1.807, 2.05) is 0 Å². The normalized spacial score (nSPS) is 9.89. The van der Waals surface area contributed by atoms with E-state index in [0.29, 0.717) is 17.1 Å². The van der Waals surface area contributed by atoms with E-state index in [2.05, 4.69) is 15.3 Å². The van der Waals surface area contributed by atoms with Crippen molar-refractivity contribution in [1.82, 2.24) is 9.97 Å². The van der Waals surface area contributed by atoms with Crippen molar-refractivity contribution in [2.45, 2.75) is 0 Å². The van der Waals surface area contributed by atoms with Gasteiger partial charge in [0.15, 0.2) is 0 Å². The molecule has 0 fully saturated rings. The van der Waals surface area contributed by atoms with Crippen LogP contribution in [0.4, 0.5) is 5.69 Å². The van der Waals surface area contributed by atoms with E-state index in [4.69, 9.17) is 16.3 Å². The van der Waals surface area contributed by atoms with Gasteiger partial charge in [0.05, 0.1) is 19.0 Å². The molecule has 2 heterocycles. The third kappa shape index (κ3) is 2.95. The van der Waals surface area contributed by atoms with Gasteiger partial charge in [-0.2, -0.15) is 0 Å². The number of hydrogen-bond donors (Lipinski definition) is 1. The first-order valence-corrected chi connectivity index (χ1v) is 5.50. The Bertz CT molecular complexity index is 561. The molecule has 0 spiro atoms. The maximum atomic E-state index is 12.0. The zero-order valence-electron chi connectivity index (χ0n) is 9.55. The standard InChI is InChI=1S/C12H10ClN3O2/c1-18-11-6-8(5-10(13)16-11)12(17)15-9-3-2-4-14-7-9/h2-7H,1H3,(H,15,17). The SMILES string of the molecule is COc1cc(C(=O)Nc2cccnc2)cc(Cl)n1. The maximum absolute atomic E-state index is 12.0. The molecule has 0 saturated heterocycles. The van der Waals surface area contributed by atoms with Crippen LogP contribution in [0.15, 0.2) is 36.7 Å². The zero-order valence-corrected chi connectivity index (χ0v) is 10.3. The van der Waals surface area contributed by atoms with Gasteiger partial charge < -0.3 is 10.1 Å². The minimum Gasteiger partial charge on any atom is -0.481 e. The fraction of sp³-hybridized carbons (Fsp3) is 0.0833. The first-order valence-electron chi connectivity index (χ1n) is 5.12. The van der Waals surface area contributed by atoms with Crippen molar-refractivity contribution in [3.63, 3.8) is 0 Å². The van der Waals surface area contributed by atoms with Gasteiger partial charge in [-0.25, -0.2) is 4.98 Å². The van der Waals surface area contributed by atoms with Gasteiger partial charge in [0.2, 0.25) is 5.88 Å². The summed E-state index contributed by atoms with van der Waals surface area (Å²) in [4.78, 5) is 19.8. The number of ether oxygens (including phenoxy) is 1. The molecule has 0 bridgehead atoms. The third-order valence-corrected chi connectivity index (χ3v) is 2.35. The Morgan fingerprint density at radius 3 is 2.94 bits per heavy atom. The lowest BCUT2D eigenvalue weighted by molar-refractivity contribution is 0.102. The summed E-state index contributed by atoms with van der Waals surface area (Å²) in [6.07, 6.45) is 3.18. The van der Waals surface area contributed by atoms with Crippen LogP contribution in [-0.4, -0.2) is 23.0 Å². The predicted molar refractivity (Wildman–Crippen MR) is 68.0 cm³/mol. The molecule has 18 heavy (non-hydrogen) atoms. The van der Waals surface area contributed by atoms with Gasteiger partial charge in [-0.05, 0) is 18.2 Å². The fourth-order valence-corrected chi connectivity index (χ4v) is 1.55. The van der Waals surface area contributed by atoms with Crippen molar-refractivity contribution in [2.24, 2.45) is 0 Å². The van der Waals surface area contributed by atoms with Crippen LogP contribution in [0, 0.1) is 0 Å². The molecular formula is C12H10ClN3O2. The Morgan fingerprint density at radius 1 is 1.44 bits per heavy atom. The molecule has 0 atom stereocenters. The number of nitrogens with one attached hydrogen (secondary N) is 1. The van der Waals surface area contributed by atoms with E-state index in [-0.39, 0.29) is 11.1 Å². The Hall–Kier alpha value is -2.14. The second-order valence-electron chi connectivity index (χ2n) is 3.42.